The molecule has 0 saturated carbocycles. The van der Waals surface area contributed by atoms with Crippen LogP contribution in [-0.2, 0) is 0 Å². The summed E-state index contributed by atoms with van der Waals surface area (Å²) in [6, 6.07) is 3.15. The van der Waals surface area contributed by atoms with Gasteiger partial charge in [-0.3, -0.25) is 0 Å². The Morgan fingerprint density at radius 1 is 1.39 bits per heavy atom. The standard InChI is InChI=1S/C12H11ClF2N2O/c1-2-3-9(13)11-16-12(18-17-11)8-5-4-7(14)6-10(8)15/h4-6,9H,2-3H2,1H3. The SMILES string of the molecule is CCCC(Cl)c1noc(-c2ccc(F)cc2F)n1. The van der Waals surface area contributed by atoms with Gasteiger partial charge in [0.25, 0.3) is 5.89 Å². The Morgan fingerprint density at radius 2 is 2.17 bits per heavy atom. The normalized spacial score (nSPS) is 12.7. The number of alkyl halides is 1. The van der Waals surface area contributed by atoms with Crippen LogP contribution in [0.25, 0.3) is 11.5 Å². The van der Waals surface area contributed by atoms with Crippen LogP contribution in [0.15, 0.2) is 22.7 Å². The molecular formula is C12H11ClF2N2O. The molecule has 0 aliphatic carbocycles. The van der Waals surface area contributed by atoms with Gasteiger partial charge in [0.15, 0.2) is 5.82 Å². The lowest BCUT2D eigenvalue weighted by Gasteiger charge is -1.99. The van der Waals surface area contributed by atoms with Gasteiger partial charge in [-0.2, -0.15) is 4.98 Å². The van der Waals surface area contributed by atoms with E-state index in [2.05, 4.69) is 10.1 Å². The summed E-state index contributed by atoms with van der Waals surface area (Å²) in [6.07, 6.45) is 1.58. The zero-order chi connectivity index (χ0) is 13.1. The molecule has 2 rings (SSSR count). The molecule has 1 heterocycles. The molecule has 1 atom stereocenters. The maximum atomic E-state index is 13.5. The molecule has 3 nitrogen and oxygen atoms in total. The van der Waals surface area contributed by atoms with E-state index in [-0.39, 0.29) is 16.8 Å². The summed E-state index contributed by atoms with van der Waals surface area (Å²) in [5.41, 5.74) is 0.0653. The molecule has 2 aromatic rings. The molecule has 0 amide bonds. The highest BCUT2D eigenvalue weighted by molar-refractivity contribution is 6.20. The minimum atomic E-state index is -0.744. The lowest BCUT2D eigenvalue weighted by Crippen LogP contribution is -1.93. The summed E-state index contributed by atoms with van der Waals surface area (Å²) in [7, 11) is 0. The average molecular weight is 273 g/mol. The van der Waals surface area contributed by atoms with Crippen molar-refractivity contribution in [2.24, 2.45) is 0 Å². The summed E-state index contributed by atoms with van der Waals surface area (Å²) in [5.74, 6) is -1.08. The molecule has 0 aliphatic rings. The summed E-state index contributed by atoms with van der Waals surface area (Å²) in [5, 5.41) is 3.33. The van der Waals surface area contributed by atoms with Crippen molar-refractivity contribution < 1.29 is 13.3 Å². The molecule has 1 aromatic heterocycles. The number of aromatic nitrogens is 2. The molecule has 0 spiro atoms. The van der Waals surface area contributed by atoms with E-state index in [1.165, 1.54) is 6.07 Å². The first-order valence-electron chi connectivity index (χ1n) is 5.55. The van der Waals surface area contributed by atoms with E-state index < -0.39 is 11.6 Å². The van der Waals surface area contributed by atoms with Gasteiger partial charge in [0.05, 0.1) is 10.9 Å². The van der Waals surface area contributed by atoms with Gasteiger partial charge in [0, 0.05) is 6.07 Å². The monoisotopic (exact) mass is 272 g/mol. The molecule has 0 radical (unpaired) electrons. The largest absolute Gasteiger partial charge is 0.334 e. The van der Waals surface area contributed by atoms with Gasteiger partial charge in [0.1, 0.15) is 11.6 Å². The molecule has 0 N–H and O–H groups in total. The fraction of sp³-hybridized carbons (Fsp3) is 0.333. The molecule has 96 valence electrons. The molecule has 1 unspecified atom stereocenters. The minimum absolute atomic E-state index is 0.00394. The Labute approximate surface area is 108 Å². The molecule has 1 aromatic carbocycles. The van der Waals surface area contributed by atoms with Crippen LogP contribution in [0.5, 0.6) is 0 Å². The van der Waals surface area contributed by atoms with Crippen LogP contribution >= 0.6 is 11.6 Å². The number of benzene rings is 1. The van der Waals surface area contributed by atoms with Crippen LogP contribution in [0.4, 0.5) is 8.78 Å². The Balaban J connectivity index is 2.29. The van der Waals surface area contributed by atoms with E-state index in [1.807, 2.05) is 6.92 Å². The maximum absolute atomic E-state index is 13.5. The van der Waals surface area contributed by atoms with E-state index in [1.54, 1.807) is 0 Å². The van der Waals surface area contributed by atoms with Crippen LogP contribution in [0.1, 0.15) is 31.0 Å². The minimum Gasteiger partial charge on any atom is -0.334 e. The highest BCUT2D eigenvalue weighted by Gasteiger charge is 2.18. The van der Waals surface area contributed by atoms with Crippen LogP contribution in [0.2, 0.25) is 0 Å². The van der Waals surface area contributed by atoms with E-state index >= 15 is 0 Å². The second-order valence-corrected chi connectivity index (χ2v) is 4.36. The first kappa shape index (κ1) is 13.0. The lowest BCUT2D eigenvalue weighted by atomic mass is 10.2. The predicted molar refractivity (Wildman–Crippen MR) is 63.2 cm³/mol. The maximum Gasteiger partial charge on any atom is 0.260 e. The smallest absolute Gasteiger partial charge is 0.260 e. The van der Waals surface area contributed by atoms with Crippen LogP contribution in [-0.4, -0.2) is 10.1 Å². The Hall–Kier alpha value is -1.49. The zero-order valence-electron chi connectivity index (χ0n) is 9.66. The second kappa shape index (κ2) is 5.44. The second-order valence-electron chi connectivity index (χ2n) is 3.84. The van der Waals surface area contributed by atoms with Gasteiger partial charge in [-0.1, -0.05) is 18.5 Å². The molecule has 0 saturated heterocycles. The van der Waals surface area contributed by atoms with Gasteiger partial charge >= 0.3 is 0 Å². The zero-order valence-corrected chi connectivity index (χ0v) is 10.4. The molecule has 18 heavy (non-hydrogen) atoms. The molecular weight excluding hydrogens is 262 g/mol. The third kappa shape index (κ3) is 2.67. The average Bonchev–Trinajstić information content (AvgIpc) is 2.78. The fourth-order valence-corrected chi connectivity index (χ4v) is 1.82. The molecule has 0 bridgehead atoms. The first-order chi connectivity index (χ1) is 8.61. The van der Waals surface area contributed by atoms with E-state index in [0.717, 1.165) is 18.6 Å². The van der Waals surface area contributed by atoms with Crippen molar-refractivity contribution in [2.45, 2.75) is 25.1 Å². The van der Waals surface area contributed by atoms with Gasteiger partial charge in [-0.05, 0) is 18.6 Å². The predicted octanol–water partition coefficient (Wildman–Crippen LogP) is 4.09. The number of halogens is 3. The van der Waals surface area contributed by atoms with Crippen molar-refractivity contribution in [2.75, 3.05) is 0 Å². The van der Waals surface area contributed by atoms with Crippen LogP contribution in [0.3, 0.4) is 0 Å². The summed E-state index contributed by atoms with van der Waals surface area (Å²) in [4.78, 5) is 4.02. The van der Waals surface area contributed by atoms with Gasteiger partial charge < -0.3 is 4.52 Å². The van der Waals surface area contributed by atoms with E-state index in [4.69, 9.17) is 16.1 Å². The van der Waals surface area contributed by atoms with Crippen LogP contribution < -0.4 is 0 Å². The Kier molecular flexibility index (Phi) is 3.91. The lowest BCUT2D eigenvalue weighted by molar-refractivity contribution is 0.418. The Morgan fingerprint density at radius 3 is 2.83 bits per heavy atom. The van der Waals surface area contributed by atoms with Crippen molar-refractivity contribution >= 4 is 11.6 Å². The molecule has 6 heteroatoms. The number of hydrogen-bond donors (Lipinski definition) is 0. The highest BCUT2D eigenvalue weighted by atomic mass is 35.5. The molecule has 0 aliphatic heterocycles. The third-order valence-electron chi connectivity index (χ3n) is 2.43. The van der Waals surface area contributed by atoms with Crippen molar-refractivity contribution in [3.63, 3.8) is 0 Å². The first-order valence-corrected chi connectivity index (χ1v) is 5.98. The summed E-state index contributed by atoms with van der Waals surface area (Å²) < 4.78 is 31.2. The van der Waals surface area contributed by atoms with Crippen molar-refractivity contribution in [1.82, 2.24) is 10.1 Å². The van der Waals surface area contributed by atoms with Gasteiger partial charge in [-0.15, -0.1) is 11.6 Å². The molecule has 0 fully saturated rings. The van der Waals surface area contributed by atoms with Crippen molar-refractivity contribution in [1.29, 1.82) is 0 Å². The number of nitrogens with zero attached hydrogens (tertiary/aromatic N) is 2. The highest BCUT2D eigenvalue weighted by Crippen LogP contribution is 2.27. The number of hydrogen-bond acceptors (Lipinski definition) is 3. The van der Waals surface area contributed by atoms with Crippen LogP contribution in [0, 0.1) is 11.6 Å². The summed E-state index contributed by atoms with van der Waals surface area (Å²) >= 11 is 6.03. The fourth-order valence-electron chi connectivity index (χ4n) is 1.52. The topological polar surface area (TPSA) is 38.9 Å². The van der Waals surface area contributed by atoms with E-state index in [9.17, 15) is 8.78 Å². The number of rotatable bonds is 4. The van der Waals surface area contributed by atoms with Crippen molar-refractivity contribution in [3.05, 3.63) is 35.7 Å². The third-order valence-corrected chi connectivity index (χ3v) is 2.84. The van der Waals surface area contributed by atoms with Gasteiger partial charge in [0.2, 0.25) is 0 Å². The van der Waals surface area contributed by atoms with E-state index in [0.29, 0.717) is 12.2 Å². The summed E-state index contributed by atoms with van der Waals surface area (Å²) in [6.45, 7) is 1.98. The Bertz CT molecular complexity index is 545. The van der Waals surface area contributed by atoms with Gasteiger partial charge in [-0.25, -0.2) is 8.78 Å². The quantitative estimate of drug-likeness (QED) is 0.787. The van der Waals surface area contributed by atoms with Crippen molar-refractivity contribution in [3.8, 4) is 11.5 Å².